The topological polar surface area (TPSA) is 149 Å². The summed E-state index contributed by atoms with van der Waals surface area (Å²) in [4.78, 5) is 13.1. The van der Waals surface area contributed by atoms with Crippen LogP contribution in [0, 0.1) is 0 Å². The van der Waals surface area contributed by atoms with E-state index < -0.39 is 49.5 Å². The Morgan fingerprint density at radius 1 is 0.398 bits per heavy atom. The Hall–Kier alpha value is -3.41. The van der Waals surface area contributed by atoms with Gasteiger partial charge in [-0.3, -0.25) is 4.79 Å². The van der Waals surface area contributed by atoms with Crippen molar-refractivity contribution in [1.82, 2.24) is 5.32 Å². The van der Waals surface area contributed by atoms with Crippen LogP contribution in [0.15, 0.2) is 122 Å². The highest BCUT2D eigenvalue weighted by molar-refractivity contribution is 5.76. The van der Waals surface area contributed by atoms with Gasteiger partial charge in [-0.25, -0.2) is 0 Å². The smallest absolute Gasteiger partial charge is 0.220 e. The van der Waals surface area contributed by atoms with Crippen molar-refractivity contribution in [2.45, 2.75) is 358 Å². The summed E-state index contributed by atoms with van der Waals surface area (Å²) in [5.74, 6) is -0.187. The highest BCUT2D eigenvalue weighted by atomic mass is 16.7. The van der Waals surface area contributed by atoms with Crippen LogP contribution in [0.1, 0.15) is 316 Å². The molecule has 1 rings (SSSR count). The maximum Gasteiger partial charge on any atom is 0.220 e. The number of unbranched alkanes of at least 4 members (excludes halogenated alkanes) is 33. The number of aliphatic hydroxyl groups is 5. The van der Waals surface area contributed by atoms with Crippen molar-refractivity contribution < 1.29 is 39.8 Å². The number of nitrogens with one attached hydrogen (secondary N) is 1. The first kappa shape index (κ1) is 82.6. The fraction of sp³-hybridized carbons (Fsp3) is 0.734. The first-order valence-corrected chi connectivity index (χ1v) is 36.7. The molecule has 0 spiro atoms. The molecule has 1 fully saturated rings. The number of rotatable bonds is 63. The molecule has 0 bridgehead atoms. The third-order valence-corrected chi connectivity index (χ3v) is 16.8. The number of hydrogen-bond acceptors (Lipinski definition) is 8. The molecule has 0 aromatic carbocycles. The van der Waals surface area contributed by atoms with Crippen LogP contribution < -0.4 is 5.32 Å². The van der Waals surface area contributed by atoms with Gasteiger partial charge in [-0.1, -0.05) is 341 Å². The molecule has 9 heteroatoms. The van der Waals surface area contributed by atoms with Crippen molar-refractivity contribution in [3.63, 3.8) is 0 Å². The fourth-order valence-corrected chi connectivity index (χ4v) is 11.1. The predicted molar refractivity (Wildman–Crippen MR) is 377 cm³/mol. The second kappa shape index (κ2) is 66.5. The Kier molecular flexibility index (Phi) is 62.4. The van der Waals surface area contributed by atoms with Crippen LogP contribution in [0.3, 0.4) is 0 Å². The Morgan fingerprint density at radius 2 is 0.705 bits per heavy atom. The lowest BCUT2D eigenvalue weighted by atomic mass is 9.99. The largest absolute Gasteiger partial charge is 0.394 e. The maximum atomic E-state index is 13.1. The monoisotopic (exact) mass is 1230 g/mol. The average Bonchev–Trinajstić information content (AvgIpc) is 3.65. The number of carbonyl (C=O) groups excluding carboxylic acids is 1. The molecule has 7 unspecified atom stereocenters. The Labute approximate surface area is 541 Å². The third kappa shape index (κ3) is 54.3. The molecule has 1 amide bonds. The lowest BCUT2D eigenvalue weighted by molar-refractivity contribution is -0.302. The second-order valence-electron chi connectivity index (χ2n) is 25.0. The van der Waals surface area contributed by atoms with E-state index in [9.17, 15) is 30.3 Å². The normalized spacial score (nSPS) is 18.6. The van der Waals surface area contributed by atoms with Gasteiger partial charge in [0.25, 0.3) is 0 Å². The minimum Gasteiger partial charge on any atom is -0.394 e. The van der Waals surface area contributed by atoms with E-state index in [1.807, 2.05) is 0 Å². The summed E-state index contributed by atoms with van der Waals surface area (Å²) in [6.45, 7) is 3.73. The zero-order chi connectivity index (χ0) is 63.5. The zero-order valence-electron chi connectivity index (χ0n) is 56.7. The van der Waals surface area contributed by atoms with Crippen molar-refractivity contribution in [2.24, 2.45) is 0 Å². The summed E-state index contributed by atoms with van der Waals surface area (Å²) >= 11 is 0. The summed E-state index contributed by atoms with van der Waals surface area (Å²) in [6, 6.07) is -0.754. The molecule has 1 heterocycles. The predicted octanol–water partition coefficient (Wildman–Crippen LogP) is 20.6. The summed E-state index contributed by atoms with van der Waals surface area (Å²) < 4.78 is 11.4. The van der Waals surface area contributed by atoms with Crippen LogP contribution in [0.5, 0.6) is 0 Å². The second-order valence-corrected chi connectivity index (χ2v) is 25.0. The van der Waals surface area contributed by atoms with Crippen molar-refractivity contribution in [3.05, 3.63) is 122 Å². The van der Waals surface area contributed by atoms with Crippen LogP contribution >= 0.6 is 0 Å². The Morgan fingerprint density at radius 3 is 1.02 bits per heavy atom. The van der Waals surface area contributed by atoms with Crippen molar-refractivity contribution in [3.8, 4) is 0 Å². The molecule has 7 atom stereocenters. The van der Waals surface area contributed by atoms with Gasteiger partial charge in [0.1, 0.15) is 24.4 Å². The van der Waals surface area contributed by atoms with E-state index in [4.69, 9.17) is 9.47 Å². The van der Waals surface area contributed by atoms with E-state index in [2.05, 4.69) is 141 Å². The molecule has 0 radical (unpaired) electrons. The molecule has 88 heavy (non-hydrogen) atoms. The molecule has 6 N–H and O–H groups in total. The molecule has 0 aromatic heterocycles. The minimum atomic E-state index is -1.57. The van der Waals surface area contributed by atoms with Crippen LogP contribution in [-0.2, 0) is 14.3 Å². The van der Waals surface area contributed by atoms with E-state index >= 15 is 0 Å². The zero-order valence-corrected chi connectivity index (χ0v) is 56.7. The first-order chi connectivity index (χ1) is 43.3. The van der Waals surface area contributed by atoms with E-state index in [0.717, 1.165) is 96.3 Å². The van der Waals surface area contributed by atoms with E-state index in [0.29, 0.717) is 19.3 Å². The molecular formula is C79H137NO8. The Balaban J connectivity index is 2.16. The number of carbonyl (C=O) groups is 1. The maximum absolute atomic E-state index is 13.1. The third-order valence-electron chi connectivity index (χ3n) is 16.8. The summed E-state index contributed by atoms with van der Waals surface area (Å²) in [7, 11) is 0. The van der Waals surface area contributed by atoms with Crippen molar-refractivity contribution in [2.75, 3.05) is 13.2 Å². The number of allylic oxidation sites excluding steroid dienone is 20. The molecule has 1 saturated heterocycles. The first-order valence-electron chi connectivity index (χ1n) is 36.7. The molecule has 9 nitrogen and oxygen atoms in total. The quantitative estimate of drug-likeness (QED) is 0.0261. The molecule has 1 aliphatic heterocycles. The van der Waals surface area contributed by atoms with Gasteiger partial charge in [0.2, 0.25) is 5.91 Å². The van der Waals surface area contributed by atoms with Gasteiger partial charge < -0.3 is 40.3 Å². The van der Waals surface area contributed by atoms with Crippen LogP contribution in [-0.4, -0.2) is 87.5 Å². The number of hydrogen-bond donors (Lipinski definition) is 6. The number of aliphatic hydroxyl groups excluding tert-OH is 5. The van der Waals surface area contributed by atoms with E-state index in [1.54, 1.807) is 0 Å². The molecule has 0 aromatic rings. The average molecular weight is 1230 g/mol. The van der Waals surface area contributed by atoms with Crippen molar-refractivity contribution in [1.29, 1.82) is 0 Å². The van der Waals surface area contributed by atoms with Crippen LogP contribution in [0.25, 0.3) is 0 Å². The molecule has 1 aliphatic rings. The van der Waals surface area contributed by atoms with Crippen LogP contribution in [0.2, 0.25) is 0 Å². The summed E-state index contributed by atoms with van der Waals surface area (Å²) in [6.07, 6.45) is 92.8. The molecule has 506 valence electrons. The van der Waals surface area contributed by atoms with E-state index in [-0.39, 0.29) is 12.5 Å². The highest BCUT2D eigenvalue weighted by Crippen LogP contribution is 2.24. The van der Waals surface area contributed by atoms with Gasteiger partial charge in [0.15, 0.2) is 6.29 Å². The van der Waals surface area contributed by atoms with Crippen molar-refractivity contribution >= 4 is 5.91 Å². The van der Waals surface area contributed by atoms with Gasteiger partial charge in [0, 0.05) is 6.42 Å². The van der Waals surface area contributed by atoms with Gasteiger partial charge in [0.05, 0.1) is 25.4 Å². The van der Waals surface area contributed by atoms with Gasteiger partial charge in [-0.2, -0.15) is 0 Å². The molecule has 0 saturated carbocycles. The Bertz CT molecular complexity index is 1810. The standard InChI is InChI=1S/C79H137NO8/c1-3-5-7-9-11-13-15-17-19-21-23-25-27-29-31-33-35-37-39-41-43-45-47-49-51-53-55-57-59-61-63-65-67-69-75(83)80-72(71-87-79-78(86)77(85)76(84)74(70-81)88-79)73(82)68-66-64-62-60-58-56-54-52-50-48-46-44-42-40-38-36-34-32-30-28-26-24-22-20-18-16-14-12-10-8-6-4-2/h5,7,11,13,17,19,23,25,29,31,35,37,41,43,47,49,53,55,59,61,72-74,76-79,81-82,84-86H,3-4,6,8-10,12,14-16,18,20-22,24,26-28,30,32-34,36,38-40,42,44-46,48,50-52,54,56-58,60,62-71H2,1-2H3,(H,80,83)/b7-5-,13-11-,19-17-,25-23-,31-29-,37-35-,43-41-,49-47-,55-53-,61-59-. The molecular weight excluding hydrogens is 1090 g/mol. The fourth-order valence-electron chi connectivity index (χ4n) is 11.1. The van der Waals surface area contributed by atoms with Gasteiger partial charge in [-0.05, 0) is 89.9 Å². The van der Waals surface area contributed by atoms with Crippen LogP contribution in [0.4, 0.5) is 0 Å². The SMILES string of the molecule is CC/C=C\C/C=C\C/C=C\C/C=C\C/C=C\C/C=C\C/C=C\C/C=C\C/C=C\C/C=C\CCCCC(=O)NC(COC1OC(CO)C(O)C(O)C1O)C(O)CCCCCCCCCCCCCCCCCCCCCCCCCCCCCCCCCC. The minimum absolute atomic E-state index is 0.163. The van der Waals surface area contributed by atoms with E-state index in [1.165, 1.54) is 186 Å². The lowest BCUT2D eigenvalue weighted by Crippen LogP contribution is -2.60. The van der Waals surface area contributed by atoms with Gasteiger partial charge >= 0.3 is 0 Å². The summed E-state index contributed by atoms with van der Waals surface area (Å²) in [5, 5.41) is 55.0. The highest BCUT2D eigenvalue weighted by Gasteiger charge is 2.44. The number of ether oxygens (including phenoxy) is 2. The number of amides is 1. The summed E-state index contributed by atoms with van der Waals surface area (Å²) in [5.41, 5.74) is 0. The molecule has 0 aliphatic carbocycles. The van der Waals surface area contributed by atoms with Gasteiger partial charge in [-0.15, -0.1) is 0 Å². The lowest BCUT2D eigenvalue weighted by Gasteiger charge is -2.40.